The number of nitrogens with zero attached hydrogens (tertiary/aromatic N) is 3. The van der Waals surface area contributed by atoms with Crippen LogP contribution >= 0.6 is 11.3 Å². The molecule has 1 N–H and O–H groups in total. The van der Waals surface area contributed by atoms with Crippen molar-refractivity contribution in [3.8, 4) is 0 Å². The maximum atomic E-state index is 12.8. The smallest absolute Gasteiger partial charge is 0.279 e. The minimum absolute atomic E-state index is 0.0960. The van der Waals surface area contributed by atoms with Gasteiger partial charge in [-0.1, -0.05) is 35.1 Å². The molecule has 0 fully saturated rings. The van der Waals surface area contributed by atoms with Crippen LogP contribution in [0.4, 0.5) is 0 Å². The Labute approximate surface area is 180 Å². The fraction of sp³-hybridized carbons (Fsp3) is 0.348. The minimum Gasteiger partial charge on any atom is -0.353 e. The van der Waals surface area contributed by atoms with Crippen molar-refractivity contribution in [1.29, 1.82) is 0 Å². The monoisotopic (exact) mass is 424 g/mol. The zero-order chi connectivity index (χ0) is 21.8. The van der Waals surface area contributed by atoms with Gasteiger partial charge in [0, 0.05) is 18.7 Å². The molecule has 0 saturated heterocycles. The molecule has 6 nitrogen and oxygen atoms in total. The third kappa shape index (κ3) is 5.04. The van der Waals surface area contributed by atoms with E-state index in [2.05, 4.69) is 16.4 Å². The second kappa shape index (κ2) is 9.36. The molecule has 1 aromatic heterocycles. The standard InChI is InChI=1S/C23H28N4O2S/c1-15-6-9-18(10-7-15)22(29)25-23-27(17(3)21(28)24-12-13-26(4)5)19-11-8-16(2)14-20(19)30-23/h6-11,14,17H,12-13H2,1-5H3,(H,24,28)/t17-/m0/s1. The van der Waals surface area contributed by atoms with Crippen molar-refractivity contribution < 1.29 is 9.59 Å². The highest BCUT2D eigenvalue weighted by Crippen LogP contribution is 2.22. The molecule has 0 aliphatic carbocycles. The molecular formula is C23H28N4O2S. The molecule has 1 heterocycles. The van der Waals surface area contributed by atoms with Crippen LogP contribution in [-0.2, 0) is 4.79 Å². The molecule has 3 rings (SSSR count). The second-order valence-corrected chi connectivity index (χ2v) is 8.79. The number of fused-ring (bicyclic) bond motifs is 1. The number of amides is 2. The van der Waals surface area contributed by atoms with Crippen molar-refractivity contribution in [3.05, 3.63) is 64.0 Å². The lowest BCUT2D eigenvalue weighted by Crippen LogP contribution is -2.37. The molecule has 2 aromatic carbocycles. The SMILES string of the molecule is Cc1ccc(C(=O)N=c2sc3cc(C)ccc3n2[C@@H](C)C(=O)NCCN(C)C)cc1. The van der Waals surface area contributed by atoms with Gasteiger partial charge in [0.15, 0.2) is 4.80 Å². The topological polar surface area (TPSA) is 66.7 Å². The fourth-order valence-corrected chi connectivity index (χ4v) is 4.31. The maximum Gasteiger partial charge on any atom is 0.279 e. The molecule has 3 aromatic rings. The number of carbonyl (C=O) groups excluding carboxylic acids is 2. The lowest BCUT2D eigenvalue weighted by molar-refractivity contribution is -0.123. The molecule has 1 atom stereocenters. The average molecular weight is 425 g/mol. The van der Waals surface area contributed by atoms with Gasteiger partial charge >= 0.3 is 0 Å². The summed E-state index contributed by atoms with van der Waals surface area (Å²) in [6, 6.07) is 12.9. The predicted molar refractivity (Wildman–Crippen MR) is 122 cm³/mol. The van der Waals surface area contributed by atoms with E-state index in [4.69, 9.17) is 0 Å². The van der Waals surface area contributed by atoms with Crippen LogP contribution < -0.4 is 10.1 Å². The summed E-state index contributed by atoms with van der Waals surface area (Å²) in [6.45, 7) is 7.16. The summed E-state index contributed by atoms with van der Waals surface area (Å²) in [6.07, 6.45) is 0. The molecule has 158 valence electrons. The molecule has 0 spiro atoms. The Morgan fingerprint density at radius 2 is 1.77 bits per heavy atom. The molecule has 0 radical (unpaired) electrons. The molecule has 0 aliphatic rings. The molecule has 0 saturated carbocycles. The number of likely N-dealkylation sites (N-methyl/N-ethyl adjacent to an activating group) is 1. The highest BCUT2D eigenvalue weighted by atomic mass is 32.1. The Hall–Kier alpha value is -2.77. The number of carbonyl (C=O) groups is 2. The van der Waals surface area contributed by atoms with Gasteiger partial charge in [0.05, 0.1) is 10.2 Å². The van der Waals surface area contributed by atoms with E-state index in [1.807, 2.05) is 68.6 Å². The summed E-state index contributed by atoms with van der Waals surface area (Å²) < 4.78 is 2.86. The number of aromatic nitrogens is 1. The van der Waals surface area contributed by atoms with Gasteiger partial charge in [0.25, 0.3) is 5.91 Å². The lowest BCUT2D eigenvalue weighted by atomic mass is 10.1. The number of hydrogen-bond donors (Lipinski definition) is 1. The molecule has 0 aliphatic heterocycles. The Balaban J connectivity index is 2.02. The van der Waals surface area contributed by atoms with Crippen molar-refractivity contribution in [2.75, 3.05) is 27.2 Å². The summed E-state index contributed by atoms with van der Waals surface area (Å²) >= 11 is 1.43. The van der Waals surface area contributed by atoms with Crippen molar-refractivity contribution in [3.63, 3.8) is 0 Å². The zero-order valence-electron chi connectivity index (χ0n) is 18.1. The fourth-order valence-electron chi connectivity index (χ4n) is 3.12. The number of benzene rings is 2. The van der Waals surface area contributed by atoms with Gasteiger partial charge in [-0.05, 0) is 64.7 Å². The molecule has 2 amide bonds. The van der Waals surface area contributed by atoms with Gasteiger partial charge in [-0.25, -0.2) is 0 Å². The van der Waals surface area contributed by atoms with Crippen LogP contribution in [0.5, 0.6) is 0 Å². The van der Waals surface area contributed by atoms with E-state index in [-0.39, 0.29) is 11.8 Å². The van der Waals surface area contributed by atoms with Crippen molar-refractivity contribution in [1.82, 2.24) is 14.8 Å². The summed E-state index contributed by atoms with van der Waals surface area (Å²) in [7, 11) is 3.93. The first-order valence-corrected chi connectivity index (χ1v) is 10.8. The van der Waals surface area contributed by atoms with Crippen LogP contribution in [0, 0.1) is 13.8 Å². The van der Waals surface area contributed by atoms with Gasteiger partial charge in [-0.3, -0.25) is 9.59 Å². The summed E-state index contributed by atoms with van der Waals surface area (Å²) in [5.74, 6) is -0.409. The summed E-state index contributed by atoms with van der Waals surface area (Å²) in [5.41, 5.74) is 3.64. The third-order valence-electron chi connectivity index (χ3n) is 4.90. The second-order valence-electron chi connectivity index (χ2n) is 7.78. The highest BCUT2D eigenvalue weighted by Gasteiger charge is 2.20. The lowest BCUT2D eigenvalue weighted by Gasteiger charge is -2.16. The first kappa shape index (κ1) is 21.9. The quantitative estimate of drug-likeness (QED) is 0.660. The van der Waals surface area contributed by atoms with E-state index in [1.54, 1.807) is 12.1 Å². The summed E-state index contributed by atoms with van der Waals surface area (Å²) in [4.78, 5) is 32.5. The first-order valence-electron chi connectivity index (χ1n) is 9.96. The van der Waals surface area contributed by atoms with Gasteiger partial charge in [-0.15, -0.1) is 0 Å². The molecule has 0 unspecified atom stereocenters. The Kier molecular flexibility index (Phi) is 6.84. The van der Waals surface area contributed by atoms with Crippen LogP contribution in [0.15, 0.2) is 47.5 Å². The average Bonchev–Trinajstić information content (AvgIpc) is 3.04. The van der Waals surface area contributed by atoms with Gasteiger partial charge in [0.1, 0.15) is 6.04 Å². The third-order valence-corrected chi connectivity index (χ3v) is 5.92. The molecule has 30 heavy (non-hydrogen) atoms. The molecule has 0 bridgehead atoms. The highest BCUT2D eigenvalue weighted by molar-refractivity contribution is 7.16. The van der Waals surface area contributed by atoms with Crippen molar-refractivity contribution in [2.45, 2.75) is 26.8 Å². The Morgan fingerprint density at radius 3 is 2.43 bits per heavy atom. The maximum absolute atomic E-state index is 12.8. The van der Waals surface area contributed by atoms with Crippen LogP contribution in [-0.4, -0.2) is 48.5 Å². The summed E-state index contributed by atoms with van der Waals surface area (Å²) in [5, 5.41) is 2.97. The normalized spacial score (nSPS) is 13.1. The van der Waals surface area contributed by atoms with Crippen LogP contribution in [0.1, 0.15) is 34.5 Å². The van der Waals surface area contributed by atoms with Gasteiger partial charge < -0.3 is 14.8 Å². The van der Waals surface area contributed by atoms with Crippen LogP contribution in [0.2, 0.25) is 0 Å². The van der Waals surface area contributed by atoms with E-state index in [1.165, 1.54) is 11.3 Å². The van der Waals surface area contributed by atoms with Gasteiger partial charge in [-0.2, -0.15) is 4.99 Å². The Bertz CT molecular complexity index is 1130. The molecule has 7 heteroatoms. The Morgan fingerprint density at radius 1 is 1.10 bits per heavy atom. The predicted octanol–water partition coefficient (Wildman–Crippen LogP) is 3.30. The van der Waals surface area contributed by atoms with E-state index in [9.17, 15) is 9.59 Å². The largest absolute Gasteiger partial charge is 0.353 e. The van der Waals surface area contributed by atoms with E-state index < -0.39 is 6.04 Å². The molecular weight excluding hydrogens is 396 g/mol. The number of aryl methyl sites for hydroxylation is 2. The first-order chi connectivity index (χ1) is 14.3. The number of thiazole rings is 1. The van der Waals surface area contributed by atoms with E-state index in [0.717, 1.165) is 27.9 Å². The van der Waals surface area contributed by atoms with Crippen LogP contribution in [0.3, 0.4) is 0 Å². The van der Waals surface area contributed by atoms with E-state index in [0.29, 0.717) is 16.9 Å². The van der Waals surface area contributed by atoms with Crippen LogP contribution in [0.25, 0.3) is 10.2 Å². The minimum atomic E-state index is -0.492. The van der Waals surface area contributed by atoms with Crippen molar-refractivity contribution in [2.24, 2.45) is 4.99 Å². The van der Waals surface area contributed by atoms with Gasteiger partial charge in [0.2, 0.25) is 5.91 Å². The van der Waals surface area contributed by atoms with Crippen molar-refractivity contribution >= 4 is 33.4 Å². The number of rotatable bonds is 6. The van der Waals surface area contributed by atoms with E-state index >= 15 is 0 Å². The number of hydrogen-bond acceptors (Lipinski definition) is 4. The number of nitrogens with one attached hydrogen (secondary N) is 1. The zero-order valence-corrected chi connectivity index (χ0v) is 18.9.